The quantitative estimate of drug-likeness (QED) is 0.669. The minimum absolute atomic E-state index is 0.129. The van der Waals surface area contributed by atoms with E-state index in [0.29, 0.717) is 6.42 Å². The van der Waals surface area contributed by atoms with Crippen molar-refractivity contribution in [1.29, 1.82) is 0 Å². The van der Waals surface area contributed by atoms with E-state index in [1.807, 2.05) is 6.92 Å². The van der Waals surface area contributed by atoms with E-state index in [1.165, 1.54) is 7.11 Å². The summed E-state index contributed by atoms with van der Waals surface area (Å²) >= 11 is 0. The maximum absolute atomic E-state index is 11.9. The molecule has 1 aliphatic rings. The first-order valence-corrected chi connectivity index (χ1v) is 7.35. The van der Waals surface area contributed by atoms with Gasteiger partial charge in [0.2, 0.25) is 0 Å². The van der Waals surface area contributed by atoms with Gasteiger partial charge < -0.3 is 4.74 Å². The number of esters is 1. The van der Waals surface area contributed by atoms with Gasteiger partial charge in [-0.1, -0.05) is 6.92 Å². The lowest BCUT2D eigenvalue weighted by molar-refractivity contribution is -0.141. The molecule has 94 valence electrons. The van der Waals surface area contributed by atoms with Gasteiger partial charge in [-0.2, -0.15) is 0 Å². The first-order chi connectivity index (χ1) is 7.35. The maximum Gasteiger partial charge on any atom is 0.306 e. The summed E-state index contributed by atoms with van der Waals surface area (Å²) in [5, 5.41) is -0.317. The van der Waals surface area contributed by atoms with Crippen LogP contribution in [0.4, 0.5) is 0 Å². The number of methoxy groups -OCH3 is 1. The molecule has 1 rings (SSSR count). The molecule has 0 aromatic heterocycles. The van der Waals surface area contributed by atoms with E-state index in [1.54, 1.807) is 6.92 Å². The van der Waals surface area contributed by atoms with Crippen molar-refractivity contribution in [1.82, 2.24) is 0 Å². The fourth-order valence-corrected chi connectivity index (χ4v) is 3.79. The van der Waals surface area contributed by atoms with Crippen LogP contribution in [-0.4, -0.2) is 32.5 Å². The third-order valence-corrected chi connectivity index (χ3v) is 5.97. The monoisotopic (exact) mass is 248 g/mol. The number of sulfone groups is 1. The lowest BCUT2D eigenvalue weighted by Gasteiger charge is -2.17. The summed E-state index contributed by atoms with van der Waals surface area (Å²) in [5.74, 6) is -0.179. The van der Waals surface area contributed by atoms with Crippen molar-refractivity contribution in [3.05, 3.63) is 0 Å². The summed E-state index contributed by atoms with van der Waals surface area (Å²) < 4.78 is 28.5. The summed E-state index contributed by atoms with van der Waals surface area (Å²) in [6, 6.07) is 0. The molecule has 0 N–H and O–H groups in total. The molecule has 0 saturated heterocycles. The number of hydrogen-bond donors (Lipinski definition) is 0. The molecule has 0 bridgehead atoms. The molecule has 0 aromatic carbocycles. The Hall–Kier alpha value is -0.580. The molecule has 16 heavy (non-hydrogen) atoms. The van der Waals surface area contributed by atoms with E-state index in [2.05, 4.69) is 4.74 Å². The number of rotatable bonds is 6. The smallest absolute Gasteiger partial charge is 0.306 e. The Morgan fingerprint density at radius 3 is 2.38 bits per heavy atom. The summed E-state index contributed by atoms with van der Waals surface area (Å²) in [4.78, 5) is 11.2. The Bertz CT molecular complexity index is 354. The highest BCUT2D eigenvalue weighted by Crippen LogP contribution is 2.50. The average Bonchev–Trinajstić information content (AvgIpc) is 2.95. The van der Waals surface area contributed by atoms with Gasteiger partial charge in [0.25, 0.3) is 0 Å². The molecule has 0 amide bonds. The second-order valence-electron chi connectivity index (χ2n) is 4.78. The Morgan fingerprint density at radius 2 is 2.00 bits per heavy atom. The van der Waals surface area contributed by atoms with Crippen molar-refractivity contribution in [2.75, 3.05) is 12.9 Å². The zero-order valence-electron chi connectivity index (χ0n) is 10.2. The van der Waals surface area contributed by atoms with Crippen molar-refractivity contribution >= 4 is 15.8 Å². The molecule has 0 aliphatic heterocycles. The van der Waals surface area contributed by atoms with Gasteiger partial charge in [0, 0.05) is 0 Å². The molecule has 0 spiro atoms. The Balaban J connectivity index is 2.63. The molecule has 1 aliphatic carbocycles. The van der Waals surface area contributed by atoms with Crippen molar-refractivity contribution in [3.8, 4) is 0 Å². The van der Waals surface area contributed by atoms with Crippen LogP contribution in [0, 0.1) is 5.41 Å². The standard InChI is InChI=1S/C11H20O4S/c1-4-9(2)16(13,14)8-11(5-6-11)7-10(12)15-3/h9H,4-8H2,1-3H3. The largest absolute Gasteiger partial charge is 0.469 e. The van der Waals surface area contributed by atoms with E-state index in [4.69, 9.17) is 0 Å². The van der Waals surface area contributed by atoms with Gasteiger partial charge in [-0.25, -0.2) is 8.42 Å². The lowest BCUT2D eigenvalue weighted by atomic mass is 10.1. The van der Waals surface area contributed by atoms with Crippen LogP contribution in [0.2, 0.25) is 0 Å². The van der Waals surface area contributed by atoms with Crippen LogP contribution in [0.5, 0.6) is 0 Å². The van der Waals surface area contributed by atoms with Crippen LogP contribution in [0.3, 0.4) is 0 Å². The molecule has 0 aromatic rings. The van der Waals surface area contributed by atoms with E-state index in [-0.39, 0.29) is 28.8 Å². The fourth-order valence-electron chi connectivity index (χ4n) is 1.75. The molecular formula is C11H20O4S. The van der Waals surface area contributed by atoms with Gasteiger partial charge in [-0.15, -0.1) is 0 Å². The predicted molar refractivity (Wildman–Crippen MR) is 61.8 cm³/mol. The van der Waals surface area contributed by atoms with Gasteiger partial charge in [-0.3, -0.25) is 4.79 Å². The van der Waals surface area contributed by atoms with Crippen LogP contribution >= 0.6 is 0 Å². The van der Waals surface area contributed by atoms with E-state index >= 15 is 0 Å². The molecule has 1 atom stereocenters. The number of carbonyl (C=O) groups excluding carboxylic acids is 1. The second kappa shape index (κ2) is 4.73. The van der Waals surface area contributed by atoms with Crippen molar-refractivity contribution < 1.29 is 17.9 Å². The van der Waals surface area contributed by atoms with Crippen molar-refractivity contribution in [2.45, 2.75) is 44.8 Å². The first kappa shape index (κ1) is 13.5. The number of hydrogen-bond acceptors (Lipinski definition) is 4. The molecule has 1 saturated carbocycles. The lowest BCUT2D eigenvalue weighted by Crippen LogP contribution is -2.27. The zero-order valence-corrected chi connectivity index (χ0v) is 11.0. The van der Waals surface area contributed by atoms with Crippen LogP contribution in [-0.2, 0) is 19.4 Å². The summed E-state index contributed by atoms with van der Waals surface area (Å²) in [6.45, 7) is 3.59. The minimum atomic E-state index is -3.07. The van der Waals surface area contributed by atoms with Gasteiger partial charge in [0.15, 0.2) is 9.84 Å². The van der Waals surface area contributed by atoms with Gasteiger partial charge in [0.1, 0.15) is 0 Å². The molecule has 0 heterocycles. The van der Waals surface area contributed by atoms with Crippen molar-refractivity contribution in [2.24, 2.45) is 5.41 Å². The predicted octanol–water partition coefficient (Wildman–Crippen LogP) is 1.54. The molecular weight excluding hydrogens is 228 g/mol. The second-order valence-corrected chi connectivity index (χ2v) is 7.20. The average molecular weight is 248 g/mol. The van der Waals surface area contributed by atoms with Crippen molar-refractivity contribution in [3.63, 3.8) is 0 Å². The molecule has 1 fully saturated rings. The Labute approximate surface area is 97.3 Å². The van der Waals surface area contributed by atoms with E-state index in [0.717, 1.165) is 12.8 Å². The highest BCUT2D eigenvalue weighted by Gasteiger charge is 2.48. The third kappa shape index (κ3) is 3.20. The fraction of sp³-hybridized carbons (Fsp3) is 0.909. The summed E-state index contributed by atoms with van der Waals surface area (Å²) in [5.41, 5.74) is -0.324. The van der Waals surface area contributed by atoms with Gasteiger partial charge in [-0.05, 0) is 31.6 Å². The van der Waals surface area contributed by atoms with Crippen LogP contribution < -0.4 is 0 Å². The summed E-state index contributed by atoms with van der Waals surface area (Å²) in [6.07, 6.45) is 2.49. The highest BCUT2D eigenvalue weighted by atomic mass is 32.2. The SMILES string of the molecule is CCC(C)S(=O)(=O)CC1(CC(=O)OC)CC1. The van der Waals surface area contributed by atoms with Crippen LogP contribution in [0.1, 0.15) is 39.5 Å². The third-order valence-electron chi connectivity index (χ3n) is 3.40. The van der Waals surface area contributed by atoms with Gasteiger partial charge in [0.05, 0.1) is 24.5 Å². The molecule has 1 unspecified atom stereocenters. The maximum atomic E-state index is 11.9. The van der Waals surface area contributed by atoms with E-state index < -0.39 is 9.84 Å². The highest BCUT2D eigenvalue weighted by molar-refractivity contribution is 7.92. The Morgan fingerprint density at radius 1 is 1.44 bits per heavy atom. The first-order valence-electron chi connectivity index (χ1n) is 5.63. The minimum Gasteiger partial charge on any atom is -0.469 e. The molecule has 4 nitrogen and oxygen atoms in total. The number of ether oxygens (including phenoxy) is 1. The van der Waals surface area contributed by atoms with Crippen LogP contribution in [0.15, 0.2) is 0 Å². The molecule has 5 heteroatoms. The zero-order chi connectivity index (χ0) is 12.4. The number of carbonyl (C=O) groups is 1. The van der Waals surface area contributed by atoms with Crippen LogP contribution in [0.25, 0.3) is 0 Å². The molecule has 0 radical (unpaired) electrons. The Kier molecular flexibility index (Phi) is 3.99. The summed E-state index contributed by atoms with van der Waals surface area (Å²) in [7, 11) is -1.73. The van der Waals surface area contributed by atoms with Gasteiger partial charge >= 0.3 is 5.97 Å². The van der Waals surface area contributed by atoms with E-state index in [9.17, 15) is 13.2 Å². The normalized spacial score (nSPS) is 20.2. The topological polar surface area (TPSA) is 60.4 Å².